The van der Waals surface area contributed by atoms with Crippen molar-refractivity contribution >= 4 is 21.7 Å². The van der Waals surface area contributed by atoms with Gasteiger partial charge in [0.2, 0.25) is 10.0 Å². The minimum Gasteiger partial charge on any atom is -0.457 e. The Labute approximate surface area is 175 Å². The largest absolute Gasteiger partial charge is 0.457 e. The summed E-state index contributed by atoms with van der Waals surface area (Å²) in [6.07, 6.45) is 0.661. The maximum Gasteiger partial charge on any atom is 0.312 e. The number of aromatic nitrogens is 4. The van der Waals surface area contributed by atoms with Crippen molar-refractivity contribution in [1.82, 2.24) is 20.0 Å². The smallest absolute Gasteiger partial charge is 0.312 e. The summed E-state index contributed by atoms with van der Waals surface area (Å²) in [6.45, 7) is 3.50. The van der Waals surface area contributed by atoms with Crippen LogP contribution in [0.3, 0.4) is 0 Å². The first-order chi connectivity index (χ1) is 14.1. The highest BCUT2D eigenvalue weighted by Gasteiger charge is 2.20. The van der Waals surface area contributed by atoms with Crippen LogP contribution in [0, 0.1) is 6.92 Å². The van der Waals surface area contributed by atoms with E-state index in [0.29, 0.717) is 28.5 Å². The van der Waals surface area contributed by atoms with Crippen LogP contribution < -0.4 is 4.72 Å². The number of anilines is 1. The molecule has 0 bridgehead atoms. The van der Waals surface area contributed by atoms with E-state index in [2.05, 4.69) is 20.0 Å². The van der Waals surface area contributed by atoms with Crippen molar-refractivity contribution in [3.05, 3.63) is 59.4 Å². The molecule has 10 heteroatoms. The summed E-state index contributed by atoms with van der Waals surface area (Å²) in [7, 11) is -1.73. The molecule has 1 N–H and O–H groups in total. The first kappa shape index (κ1) is 21.4. The minimum absolute atomic E-state index is 0.0277. The van der Waals surface area contributed by atoms with E-state index in [4.69, 9.17) is 4.74 Å². The summed E-state index contributed by atoms with van der Waals surface area (Å²) in [5.41, 5.74) is 3.24. The Morgan fingerprint density at radius 2 is 1.90 bits per heavy atom. The first-order valence-electron chi connectivity index (χ1n) is 9.23. The van der Waals surface area contributed by atoms with Crippen LogP contribution in [0.15, 0.2) is 42.5 Å². The lowest BCUT2D eigenvalue weighted by Gasteiger charge is -2.14. The lowest BCUT2D eigenvalue weighted by molar-refractivity contribution is -0.147. The summed E-state index contributed by atoms with van der Waals surface area (Å²) in [5, 5.41) is 8.13. The van der Waals surface area contributed by atoms with E-state index < -0.39 is 16.0 Å². The molecule has 0 fully saturated rings. The van der Waals surface area contributed by atoms with Gasteiger partial charge in [-0.15, -0.1) is 5.10 Å². The zero-order valence-electron chi connectivity index (χ0n) is 17.2. The lowest BCUT2D eigenvalue weighted by atomic mass is 10.1. The maximum absolute atomic E-state index is 12.5. The Balaban J connectivity index is 1.80. The fourth-order valence-electron chi connectivity index (χ4n) is 2.94. The van der Waals surface area contributed by atoms with E-state index in [1.807, 2.05) is 37.3 Å². The molecule has 30 heavy (non-hydrogen) atoms. The van der Waals surface area contributed by atoms with Gasteiger partial charge in [-0.3, -0.25) is 14.2 Å². The fraction of sp³-hybridized carbons (Fsp3) is 0.300. The molecule has 9 nitrogen and oxygen atoms in total. The van der Waals surface area contributed by atoms with Crippen LogP contribution in [0.25, 0.3) is 11.4 Å². The van der Waals surface area contributed by atoms with Crippen LogP contribution in [0.2, 0.25) is 0 Å². The third-order valence-electron chi connectivity index (χ3n) is 4.46. The van der Waals surface area contributed by atoms with E-state index >= 15 is 0 Å². The molecule has 0 spiro atoms. The van der Waals surface area contributed by atoms with Gasteiger partial charge in [0.1, 0.15) is 11.8 Å². The topological polar surface area (TPSA) is 116 Å². The van der Waals surface area contributed by atoms with Crippen molar-refractivity contribution in [1.29, 1.82) is 0 Å². The molecule has 1 atom stereocenters. The number of carbonyl (C=O) groups excluding carboxylic acids is 1. The molecule has 0 aliphatic rings. The van der Waals surface area contributed by atoms with Crippen LogP contribution in [0.5, 0.6) is 0 Å². The van der Waals surface area contributed by atoms with Crippen molar-refractivity contribution in [3.63, 3.8) is 0 Å². The number of pyridine rings is 1. The second kappa shape index (κ2) is 8.62. The van der Waals surface area contributed by atoms with E-state index in [-0.39, 0.29) is 12.5 Å². The van der Waals surface area contributed by atoms with Gasteiger partial charge in [-0.1, -0.05) is 35.5 Å². The molecule has 0 radical (unpaired) electrons. The van der Waals surface area contributed by atoms with Gasteiger partial charge in [0, 0.05) is 7.05 Å². The molecule has 0 saturated carbocycles. The molecule has 0 amide bonds. The predicted molar refractivity (Wildman–Crippen MR) is 112 cm³/mol. The molecule has 3 rings (SSSR count). The average molecular weight is 430 g/mol. The Bertz CT molecular complexity index is 1160. The standard InChI is InChI=1S/C20H23N5O4S/c1-13-16(23-30(4,27)28)10-11-17(21-13)20-18(25(3)24-22-20)12-19(26)29-14(2)15-8-6-5-7-9-15/h5-11,14,23H,12H2,1-4H3/t14-/m1/s1. The second-order valence-electron chi connectivity index (χ2n) is 6.93. The highest BCUT2D eigenvalue weighted by molar-refractivity contribution is 7.92. The van der Waals surface area contributed by atoms with Gasteiger partial charge < -0.3 is 4.74 Å². The van der Waals surface area contributed by atoms with E-state index in [1.165, 1.54) is 4.68 Å². The van der Waals surface area contributed by atoms with Crippen molar-refractivity contribution < 1.29 is 17.9 Å². The van der Waals surface area contributed by atoms with Crippen molar-refractivity contribution in [2.75, 3.05) is 11.0 Å². The monoisotopic (exact) mass is 429 g/mol. The summed E-state index contributed by atoms with van der Waals surface area (Å²) in [6, 6.07) is 12.7. The molecule has 0 saturated heterocycles. The van der Waals surface area contributed by atoms with Crippen LogP contribution in [-0.4, -0.2) is 40.6 Å². The lowest BCUT2D eigenvalue weighted by Crippen LogP contribution is -2.14. The normalized spacial score (nSPS) is 12.4. The SMILES string of the molecule is Cc1nc(-c2nnn(C)c2CC(=O)O[C@H](C)c2ccccc2)ccc1NS(C)(=O)=O. The molecule has 2 heterocycles. The predicted octanol–water partition coefficient (Wildman–Crippen LogP) is 2.40. The molecule has 0 aliphatic heterocycles. The van der Waals surface area contributed by atoms with Crippen LogP contribution >= 0.6 is 0 Å². The van der Waals surface area contributed by atoms with Gasteiger partial charge in [-0.25, -0.2) is 13.4 Å². The number of nitrogens with zero attached hydrogens (tertiary/aromatic N) is 4. The second-order valence-corrected chi connectivity index (χ2v) is 8.68. The zero-order chi connectivity index (χ0) is 21.9. The van der Waals surface area contributed by atoms with Crippen molar-refractivity contribution in [2.45, 2.75) is 26.4 Å². The number of ether oxygens (including phenoxy) is 1. The number of rotatable bonds is 7. The van der Waals surface area contributed by atoms with Gasteiger partial charge in [-0.2, -0.15) is 0 Å². The molecule has 0 aliphatic carbocycles. The number of hydrogen-bond donors (Lipinski definition) is 1. The third-order valence-corrected chi connectivity index (χ3v) is 5.05. The Morgan fingerprint density at radius 1 is 1.20 bits per heavy atom. The van der Waals surface area contributed by atoms with Gasteiger partial charge in [0.25, 0.3) is 0 Å². The van der Waals surface area contributed by atoms with Crippen LogP contribution in [0.4, 0.5) is 5.69 Å². The van der Waals surface area contributed by atoms with Crippen molar-refractivity contribution in [2.24, 2.45) is 7.05 Å². The van der Waals surface area contributed by atoms with Gasteiger partial charge in [0.05, 0.1) is 35.4 Å². The first-order valence-corrected chi connectivity index (χ1v) is 11.1. The molecule has 0 unspecified atom stereocenters. The number of nitrogens with one attached hydrogen (secondary N) is 1. The molecule has 2 aromatic heterocycles. The molecule has 3 aromatic rings. The van der Waals surface area contributed by atoms with Gasteiger partial charge in [-0.05, 0) is 31.5 Å². The number of esters is 1. The minimum atomic E-state index is -3.41. The van der Waals surface area contributed by atoms with Crippen molar-refractivity contribution in [3.8, 4) is 11.4 Å². The highest BCUT2D eigenvalue weighted by Crippen LogP contribution is 2.24. The van der Waals surface area contributed by atoms with Gasteiger partial charge in [0.15, 0.2) is 0 Å². The molecule has 1 aromatic carbocycles. The van der Waals surface area contributed by atoms with Crippen LogP contribution in [-0.2, 0) is 33.0 Å². The summed E-state index contributed by atoms with van der Waals surface area (Å²) < 4.78 is 32.4. The highest BCUT2D eigenvalue weighted by atomic mass is 32.2. The quantitative estimate of drug-likeness (QED) is 0.573. The number of carbonyl (C=O) groups is 1. The summed E-state index contributed by atoms with van der Waals surface area (Å²) >= 11 is 0. The van der Waals surface area contributed by atoms with E-state index in [9.17, 15) is 13.2 Å². The summed E-state index contributed by atoms with van der Waals surface area (Å²) in [5.74, 6) is -0.412. The van der Waals surface area contributed by atoms with E-state index in [0.717, 1.165) is 11.8 Å². The molecular weight excluding hydrogens is 406 g/mol. The molecular formula is C20H23N5O4S. The van der Waals surface area contributed by atoms with Crippen LogP contribution in [0.1, 0.15) is 30.0 Å². The number of benzene rings is 1. The zero-order valence-corrected chi connectivity index (χ0v) is 18.0. The van der Waals surface area contributed by atoms with E-state index in [1.54, 1.807) is 26.1 Å². The Hall–Kier alpha value is -3.27. The Morgan fingerprint density at radius 3 is 2.53 bits per heavy atom. The Kier molecular flexibility index (Phi) is 6.16. The maximum atomic E-state index is 12.5. The third kappa shape index (κ3) is 5.20. The fourth-order valence-corrected chi connectivity index (χ4v) is 3.56. The molecule has 158 valence electrons. The number of hydrogen-bond acceptors (Lipinski definition) is 7. The number of sulfonamides is 1. The number of aryl methyl sites for hydroxylation is 2. The average Bonchev–Trinajstić information content (AvgIpc) is 3.03. The van der Waals surface area contributed by atoms with Gasteiger partial charge >= 0.3 is 5.97 Å². The summed E-state index contributed by atoms with van der Waals surface area (Å²) in [4.78, 5) is 16.9.